The average Bonchev–Trinajstić information content (AvgIpc) is 3.13. The maximum Gasteiger partial charge on any atom is 0.335 e. The molecule has 4 rings (SSSR count). The van der Waals surface area contributed by atoms with Gasteiger partial charge in [-0.25, -0.2) is 9.79 Å². The summed E-state index contributed by atoms with van der Waals surface area (Å²) in [6, 6.07) is 21.8. The van der Waals surface area contributed by atoms with Crippen molar-refractivity contribution in [2.45, 2.75) is 13.5 Å². The zero-order valence-corrected chi connectivity index (χ0v) is 20.7. The number of halogens is 1. The van der Waals surface area contributed by atoms with Gasteiger partial charge in [0.2, 0.25) is 0 Å². The summed E-state index contributed by atoms with van der Waals surface area (Å²) in [7, 11) is 0. The van der Waals surface area contributed by atoms with Crippen molar-refractivity contribution in [3.63, 3.8) is 0 Å². The van der Waals surface area contributed by atoms with E-state index in [0.29, 0.717) is 34.7 Å². The molecule has 0 spiro atoms. The van der Waals surface area contributed by atoms with Crippen LogP contribution in [-0.2, 0) is 11.4 Å². The van der Waals surface area contributed by atoms with Crippen molar-refractivity contribution in [2.24, 2.45) is 4.99 Å². The fraction of sp³-hybridized carbons (Fsp3) is 0.115. The molecule has 0 radical (unpaired) electrons. The molecule has 1 amide bonds. The summed E-state index contributed by atoms with van der Waals surface area (Å²) in [4.78, 5) is 30.8. The summed E-state index contributed by atoms with van der Waals surface area (Å²) in [6.45, 7) is 2.77. The number of amidine groups is 1. The Labute approximate surface area is 210 Å². The third-order valence-corrected chi connectivity index (χ3v) is 6.59. The molecular formula is C26H21BrN2O4S. The fourth-order valence-electron chi connectivity index (χ4n) is 3.27. The van der Waals surface area contributed by atoms with E-state index < -0.39 is 5.97 Å². The second-order valence-corrected chi connectivity index (χ2v) is 9.28. The number of likely N-dealkylation sites (N-methyl/N-ethyl adjacent to an activating group) is 1. The Morgan fingerprint density at radius 3 is 2.47 bits per heavy atom. The summed E-state index contributed by atoms with van der Waals surface area (Å²) in [5.41, 5.74) is 2.61. The van der Waals surface area contributed by atoms with Crippen LogP contribution in [0.5, 0.6) is 5.75 Å². The van der Waals surface area contributed by atoms with E-state index in [9.17, 15) is 9.59 Å². The van der Waals surface area contributed by atoms with Gasteiger partial charge in [0.05, 0.1) is 16.2 Å². The summed E-state index contributed by atoms with van der Waals surface area (Å²) in [5.74, 6) is -0.439. The number of rotatable bonds is 7. The molecule has 0 atom stereocenters. The minimum absolute atomic E-state index is 0.129. The monoisotopic (exact) mass is 536 g/mol. The minimum atomic E-state index is -0.994. The highest BCUT2D eigenvalue weighted by molar-refractivity contribution is 9.10. The van der Waals surface area contributed by atoms with Gasteiger partial charge in [-0.1, -0.05) is 46.3 Å². The van der Waals surface area contributed by atoms with Gasteiger partial charge in [-0.2, -0.15) is 0 Å². The molecular weight excluding hydrogens is 516 g/mol. The molecule has 8 heteroatoms. The second kappa shape index (κ2) is 10.7. The molecule has 1 aliphatic heterocycles. The third-order valence-electron chi connectivity index (χ3n) is 5.06. The van der Waals surface area contributed by atoms with Gasteiger partial charge in [0.1, 0.15) is 12.4 Å². The first kappa shape index (κ1) is 23.8. The predicted molar refractivity (Wildman–Crippen MR) is 138 cm³/mol. The third kappa shape index (κ3) is 5.58. The van der Waals surface area contributed by atoms with E-state index in [-0.39, 0.29) is 11.5 Å². The number of hydrogen-bond acceptors (Lipinski definition) is 5. The highest BCUT2D eigenvalue weighted by atomic mass is 79.9. The highest BCUT2D eigenvalue weighted by Crippen LogP contribution is 2.35. The molecule has 0 bridgehead atoms. The van der Waals surface area contributed by atoms with E-state index in [1.807, 2.05) is 61.5 Å². The number of carboxylic acid groups (broad SMARTS) is 1. The van der Waals surface area contributed by atoms with Crippen LogP contribution in [0.1, 0.15) is 28.4 Å². The maximum absolute atomic E-state index is 13.0. The first-order valence-corrected chi connectivity index (χ1v) is 12.2. The molecule has 1 saturated heterocycles. The normalized spacial score (nSPS) is 15.8. The van der Waals surface area contributed by atoms with Gasteiger partial charge in [-0.15, -0.1) is 0 Å². The van der Waals surface area contributed by atoms with Crippen LogP contribution in [0.4, 0.5) is 5.69 Å². The molecule has 1 heterocycles. The molecule has 0 unspecified atom stereocenters. The maximum atomic E-state index is 13.0. The van der Waals surface area contributed by atoms with Crippen molar-refractivity contribution in [3.05, 3.63) is 98.9 Å². The second-order valence-electron chi connectivity index (χ2n) is 7.36. The van der Waals surface area contributed by atoms with Crippen molar-refractivity contribution in [1.82, 2.24) is 4.90 Å². The van der Waals surface area contributed by atoms with Crippen molar-refractivity contribution in [1.29, 1.82) is 0 Å². The Hall–Kier alpha value is -3.36. The molecule has 34 heavy (non-hydrogen) atoms. The number of ether oxygens (including phenoxy) is 1. The molecule has 3 aromatic rings. The number of carbonyl (C=O) groups excluding carboxylic acids is 1. The Bertz CT molecular complexity index is 1270. The van der Waals surface area contributed by atoms with Crippen LogP contribution in [0.3, 0.4) is 0 Å². The Balaban J connectivity index is 1.56. The predicted octanol–water partition coefficient (Wildman–Crippen LogP) is 6.35. The van der Waals surface area contributed by atoms with Gasteiger partial charge in [0, 0.05) is 16.6 Å². The van der Waals surface area contributed by atoms with Gasteiger partial charge in [0.15, 0.2) is 5.17 Å². The summed E-state index contributed by atoms with van der Waals surface area (Å²) in [5, 5.41) is 9.62. The molecule has 1 N–H and O–H groups in total. The van der Waals surface area contributed by atoms with E-state index in [0.717, 1.165) is 15.6 Å². The first-order valence-electron chi connectivity index (χ1n) is 10.5. The number of aromatic carboxylic acids is 1. The Morgan fingerprint density at radius 2 is 1.79 bits per heavy atom. The molecule has 1 aliphatic rings. The van der Waals surface area contributed by atoms with E-state index >= 15 is 0 Å². The van der Waals surface area contributed by atoms with Crippen LogP contribution in [0, 0.1) is 0 Å². The van der Waals surface area contributed by atoms with Crippen LogP contribution >= 0.6 is 27.7 Å². The number of amides is 1. The van der Waals surface area contributed by atoms with E-state index in [1.54, 1.807) is 17.0 Å². The van der Waals surface area contributed by atoms with Gasteiger partial charge in [-0.3, -0.25) is 9.69 Å². The van der Waals surface area contributed by atoms with E-state index in [2.05, 4.69) is 20.9 Å². The van der Waals surface area contributed by atoms with E-state index in [4.69, 9.17) is 9.84 Å². The fourth-order valence-corrected chi connectivity index (χ4v) is 4.59. The quantitative estimate of drug-likeness (QED) is 0.356. The lowest BCUT2D eigenvalue weighted by atomic mass is 10.1. The largest absolute Gasteiger partial charge is 0.488 e. The minimum Gasteiger partial charge on any atom is -0.488 e. The summed E-state index contributed by atoms with van der Waals surface area (Å²) in [6.07, 6.45) is 1.82. The highest BCUT2D eigenvalue weighted by Gasteiger charge is 2.32. The van der Waals surface area contributed by atoms with Crippen molar-refractivity contribution < 1.29 is 19.4 Å². The number of benzene rings is 3. The number of para-hydroxylation sites is 1. The van der Waals surface area contributed by atoms with Gasteiger partial charge in [0.25, 0.3) is 5.91 Å². The summed E-state index contributed by atoms with van der Waals surface area (Å²) >= 11 is 4.72. The number of carboxylic acids is 1. The first-order chi connectivity index (χ1) is 16.4. The average molecular weight is 537 g/mol. The molecule has 1 fully saturated rings. The molecule has 0 aromatic heterocycles. The molecule has 172 valence electrons. The van der Waals surface area contributed by atoms with Crippen LogP contribution in [-0.4, -0.2) is 33.6 Å². The zero-order valence-electron chi connectivity index (χ0n) is 18.3. The number of thioether (sulfide) groups is 1. The topological polar surface area (TPSA) is 79.2 Å². The Morgan fingerprint density at radius 1 is 1.09 bits per heavy atom. The van der Waals surface area contributed by atoms with Crippen LogP contribution in [0.15, 0.2) is 87.2 Å². The van der Waals surface area contributed by atoms with Crippen LogP contribution < -0.4 is 4.74 Å². The standard InChI is InChI=1S/C26H21BrN2O4S/c1-2-29-24(30)23(34-26(29)28-21-13-9-18(10-14-21)25(31)32)15-19-5-3-4-6-22(19)33-16-17-7-11-20(27)12-8-17/h3-15H,2,16H2,1H3,(H,31,32)/b23-15+,28-26?. The molecule has 0 aliphatic carbocycles. The number of carbonyl (C=O) groups is 2. The lowest BCUT2D eigenvalue weighted by Crippen LogP contribution is -2.28. The van der Waals surface area contributed by atoms with Gasteiger partial charge >= 0.3 is 5.97 Å². The van der Waals surface area contributed by atoms with E-state index in [1.165, 1.54) is 23.9 Å². The van der Waals surface area contributed by atoms with Crippen LogP contribution in [0.25, 0.3) is 6.08 Å². The molecule has 3 aromatic carbocycles. The number of nitrogens with zero attached hydrogens (tertiary/aromatic N) is 2. The summed E-state index contributed by atoms with van der Waals surface area (Å²) < 4.78 is 7.05. The van der Waals surface area contributed by atoms with Crippen molar-refractivity contribution >= 4 is 56.5 Å². The lowest BCUT2D eigenvalue weighted by Gasteiger charge is -2.12. The van der Waals surface area contributed by atoms with Crippen molar-refractivity contribution in [2.75, 3.05) is 6.54 Å². The van der Waals surface area contributed by atoms with Crippen LogP contribution in [0.2, 0.25) is 0 Å². The number of aliphatic imine (C=N–C) groups is 1. The van der Waals surface area contributed by atoms with Gasteiger partial charge < -0.3 is 9.84 Å². The Kier molecular flexibility index (Phi) is 7.49. The molecule has 6 nitrogen and oxygen atoms in total. The van der Waals surface area contributed by atoms with Gasteiger partial charge in [-0.05, 0) is 72.8 Å². The zero-order chi connectivity index (χ0) is 24.1. The molecule has 0 saturated carbocycles. The lowest BCUT2D eigenvalue weighted by molar-refractivity contribution is -0.122. The smallest absolute Gasteiger partial charge is 0.335 e. The SMILES string of the molecule is CCN1C(=O)/C(=C\c2ccccc2OCc2ccc(Br)cc2)SC1=Nc1ccc(C(=O)O)cc1. The number of hydrogen-bond donors (Lipinski definition) is 1. The van der Waals surface area contributed by atoms with Crippen molar-refractivity contribution in [3.8, 4) is 5.75 Å².